The summed E-state index contributed by atoms with van der Waals surface area (Å²) >= 11 is 0. The van der Waals surface area contributed by atoms with Gasteiger partial charge in [-0.3, -0.25) is 4.79 Å². The maximum atomic E-state index is 13.8. The Balaban J connectivity index is 1.01. The Morgan fingerprint density at radius 1 is 0.850 bits per heavy atom. The van der Waals surface area contributed by atoms with Crippen LogP contribution in [-0.2, 0) is 34.2 Å². The van der Waals surface area contributed by atoms with E-state index < -0.39 is 15.6 Å². The molecule has 0 unspecified atom stereocenters. The topological polar surface area (TPSA) is 92.4 Å². The molecule has 11 heteroatoms. The van der Waals surface area contributed by atoms with Crippen molar-refractivity contribution in [2.24, 2.45) is 16.2 Å². The minimum atomic E-state index is -5.82. The van der Waals surface area contributed by atoms with Crippen LogP contribution in [0.1, 0.15) is 130 Å². The predicted octanol–water partition coefficient (Wildman–Crippen LogP) is 11.5. The second-order valence-electron chi connectivity index (χ2n) is 19.1. The lowest BCUT2D eigenvalue weighted by Crippen LogP contribution is -2.33. The van der Waals surface area contributed by atoms with E-state index in [0.717, 1.165) is 139 Å². The van der Waals surface area contributed by atoms with Crippen LogP contribution in [0.4, 0.5) is 13.2 Å². The number of nitrogens with zero attached hydrogens (tertiary/aromatic N) is 2. The molecule has 1 aromatic heterocycles. The summed E-state index contributed by atoms with van der Waals surface area (Å²) in [7, 11) is -5.82. The Morgan fingerprint density at radius 2 is 1.57 bits per heavy atom. The lowest BCUT2D eigenvalue weighted by atomic mass is 9.74. The number of nitrogens with one attached hydrogen (secondary N) is 1. The van der Waals surface area contributed by atoms with Crippen LogP contribution in [0.25, 0.3) is 22.2 Å². The zero-order chi connectivity index (χ0) is 41.5. The first-order valence-corrected chi connectivity index (χ1v) is 23.2. The first kappa shape index (κ1) is 39.5. The molecule has 1 aliphatic heterocycles. The number of amides is 1. The third-order valence-electron chi connectivity index (χ3n) is 15.1. The summed E-state index contributed by atoms with van der Waals surface area (Å²) in [6.07, 6.45) is 20.3. The predicted molar refractivity (Wildman–Crippen MR) is 227 cm³/mol. The van der Waals surface area contributed by atoms with Gasteiger partial charge >= 0.3 is 15.6 Å². The van der Waals surface area contributed by atoms with Crippen LogP contribution in [0.2, 0.25) is 0 Å². The van der Waals surface area contributed by atoms with E-state index in [1.54, 1.807) is 6.07 Å². The summed E-state index contributed by atoms with van der Waals surface area (Å²) in [6, 6.07) is 19.4. The first-order valence-electron chi connectivity index (χ1n) is 21.8. The van der Waals surface area contributed by atoms with Gasteiger partial charge in [0.05, 0.1) is 23.5 Å². The number of rotatable bonds is 7. The summed E-state index contributed by atoms with van der Waals surface area (Å²) in [6.45, 7) is 5.47. The third-order valence-corrected chi connectivity index (χ3v) is 16.1. The molecule has 0 bridgehead atoms. The average molecular weight is 836 g/mol. The highest BCUT2D eigenvalue weighted by molar-refractivity contribution is 7.88. The van der Waals surface area contributed by atoms with Crippen LogP contribution in [0.15, 0.2) is 85.0 Å². The Bertz CT molecular complexity index is 2560. The van der Waals surface area contributed by atoms with Crippen molar-refractivity contribution >= 4 is 38.2 Å². The molecule has 1 N–H and O–H groups in total. The SMILES string of the molecule is C=C1CC2(CCCC2)CC/C(c2ccc(OS(=O)(=O)C(F)(F)F)c3c2CC2(CCCC2)C3)=C\C=C1c1ccc2nc([C@@H]3CC4(CC4)CN3C(=O)Cc3ccccc3)[nH]c2c1. The minimum Gasteiger partial charge on any atom is -0.376 e. The van der Waals surface area contributed by atoms with E-state index in [9.17, 15) is 26.4 Å². The van der Waals surface area contributed by atoms with Crippen molar-refractivity contribution in [3.05, 3.63) is 119 Å². The van der Waals surface area contributed by atoms with Crippen molar-refractivity contribution in [3.63, 3.8) is 0 Å². The molecule has 1 saturated heterocycles. The smallest absolute Gasteiger partial charge is 0.376 e. The van der Waals surface area contributed by atoms with Crippen molar-refractivity contribution in [2.75, 3.05) is 6.54 Å². The third kappa shape index (κ3) is 7.22. The number of aromatic amines is 1. The molecule has 6 aliphatic rings. The number of halogens is 3. The van der Waals surface area contributed by atoms with E-state index >= 15 is 0 Å². The van der Waals surface area contributed by atoms with Gasteiger partial charge in [0.25, 0.3) is 0 Å². The summed E-state index contributed by atoms with van der Waals surface area (Å²) < 4.78 is 70.1. The molecule has 4 fully saturated rings. The Morgan fingerprint density at radius 3 is 2.28 bits per heavy atom. The van der Waals surface area contributed by atoms with E-state index in [1.165, 1.54) is 18.9 Å². The van der Waals surface area contributed by atoms with Gasteiger partial charge in [0.1, 0.15) is 11.6 Å². The van der Waals surface area contributed by atoms with Crippen molar-refractivity contribution in [3.8, 4) is 5.75 Å². The number of allylic oxidation sites excluding steroid dienone is 5. The van der Waals surface area contributed by atoms with Gasteiger partial charge in [0, 0.05) is 12.1 Å². The molecule has 3 saturated carbocycles. The molecule has 7 nitrogen and oxygen atoms in total. The lowest BCUT2D eigenvalue weighted by molar-refractivity contribution is -0.131. The van der Waals surface area contributed by atoms with E-state index in [2.05, 4.69) is 35.3 Å². The van der Waals surface area contributed by atoms with Gasteiger partial charge in [0.15, 0.2) is 0 Å². The molecule has 5 aliphatic carbocycles. The molecular formula is C49H52F3N3O4S. The number of aromatic nitrogens is 2. The molecular weight excluding hydrogens is 784 g/mol. The lowest BCUT2D eigenvalue weighted by Gasteiger charge is -2.31. The van der Waals surface area contributed by atoms with Gasteiger partial charge < -0.3 is 14.1 Å². The molecule has 60 heavy (non-hydrogen) atoms. The highest BCUT2D eigenvalue weighted by Crippen LogP contribution is 2.59. The zero-order valence-electron chi connectivity index (χ0n) is 34.0. The summed E-state index contributed by atoms with van der Waals surface area (Å²) in [5.74, 6) is 0.756. The number of fused-ring (bicyclic) bond motifs is 2. The van der Waals surface area contributed by atoms with Crippen LogP contribution in [-0.4, -0.2) is 41.2 Å². The number of imidazole rings is 1. The number of carbonyl (C=O) groups excluding carboxylic acids is 1. The van der Waals surface area contributed by atoms with Gasteiger partial charge in [-0.2, -0.15) is 21.6 Å². The molecule has 314 valence electrons. The number of alkyl halides is 3. The van der Waals surface area contributed by atoms with E-state index in [4.69, 9.17) is 15.7 Å². The number of benzene rings is 3. The van der Waals surface area contributed by atoms with Gasteiger partial charge in [-0.25, -0.2) is 4.98 Å². The van der Waals surface area contributed by atoms with Gasteiger partial charge in [-0.1, -0.05) is 86.9 Å². The molecule has 4 aromatic rings. The monoisotopic (exact) mass is 835 g/mol. The van der Waals surface area contributed by atoms with Gasteiger partial charge in [-0.15, -0.1) is 0 Å². The van der Waals surface area contributed by atoms with Crippen molar-refractivity contribution in [2.45, 2.75) is 121 Å². The van der Waals surface area contributed by atoms with E-state index in [-0.39, 0.29) is 33.9 Å². The van der Waals surface area contributed by atoms with Gasteiger partial charge in [0.2, 0.25) is 5.91 Å². The zero-order valence-corrected chi connectivity index (χ0v) is 34.8. The number of carbonyl (C=O) groups is 1. The van der Waals surface area contributed by atoms with Crippen LogP contribution in [0.3, 0.4) is 0 Å². The first-order chi connectivity index (χ1) is 28.7. The van der Waals surface area contributed by atoms with Crippen LogP contribution in [0.5, 0.6) is 5.75 Å². The number of hydrogen-bond acceptors (Lipinski definition) is 5. The van der Waals surface area contributed by atoms with Crippen LogP contribution in [0, 0.1) is 16.2 Å². The van der Waals surface area contributed by atoms with Gasteiger partial charge in [-0.05, 0) is 150 Å². The fourth-order valence-corrected chi connectivity index (χ4v) is 12.2. The summed E-state index contributed by atoms with van der Waals surface area (Å²) in [4.78, 5) is 24.6. The summed E-state index contributed by atoms with van der Waals surface area (Å²) in [5, 5.41) is 0. The molecule has 3 aromatic carbocycles. The maximum Gasteiger partial charge on any atom is 0.534 e. The van der Waals surface area contributed by atoms with Crippen LogP contribution < -0.4 is 4.18 Å². The largest absolute Gasteiger partial charge is 0.534 e. The van der Waals surface area contributed by atoms with E-state index in [1.807, 2.05) is 35.2 Å². The number of H-pyrrole nitrogens is 1. The molecule has 0 radical (unpaired) electrons. The molecule has 3 spiro atoms. The molecule has 1 amide bonds. The van der Waals surface area contributed by atoms with E-state index in [0.29, 0.717) is 24.8 Å². The maximum absolute atomic E-state index is 13.8. The molecule has 1 atom stereocenters. The highest BCUT2D eigenvalue weighted by Gasteiger charge is 2.54. The fourth-order valence-electron chi connectivity index (χ4n) is 11.7. The second kappa shape index (κ2) is 14.5. The number of likely N-dealkylation sites (tertiary alicyclic amines) is 1. The summed E-state index contributed by atoms with van der Waals surface area (Å²) in [5.41, 5.74) is 4.18. The average Bonchev–Trinajstić information content (AvgIpc) is 3.81. The van der Waals surface area contributed by atoms with Crippen molar-refractivity contribution in [1.82, 2.24) is 14.9 Å². The normalized spacial score (nSPS) is 24.0. The fraction of sp³-hybridized carbons (Fsp3) is 0.469. The highest BCUT2D eigenvalue weighted by atomic mass is 32.2. The quantitative estimate of drug-likeness (QED) is 0.148. The minimum absolute atomic E-state index is 0.0849. The van der Waals surface area contributed by atoms with Crippen molar-refractivity contribution < 1.29 is 30.6 Å². The number of hydrogen-bond donors (Lipinski definition) is 1. The Labute approximate surface area is 350 Å². The van der Waals surface area contributed by atoms with Crippen LogP contribution >= 0.6 is 0 Å². The Kier molecular flexibility index (Phi) is 9.54. The Hall–Kier alpha value is -4.64. The standard InChI is InChI=1S/C49H52F3N3O4S/c1-32-27-46(18-5-6-19-46)22-17-34(37-14-16-43(59-60(57,58)49(50,51)52)39-29-47(28-38(37)39)20-7-8-21-47)11-13-36(32)35-12-15-40-41(26-35)54-45(53-40)42-30-48(23-24-48)31-55(42)44(56)25-33-9-3-2-4-10-33/h2-4,9-16,26,42H,1,5-8,17-25,27-31H2,(H,53,54)/b34-11+,36-13?/t42-/m0/s1. The molecule has 2 heterocycles. The second-order valence-corrected chi connectivity index (χ2v) is 20.7. The van der Waals surface area contributed by atoms with Crippen molar-refractivity contribution in [1.29, 1.82) is 0 Å². The molecule has 10 rings (SSSR count).